The van der Waals surface area contributed by atoms with Crippen molar-refractivity contribution in [3.05, 3.63) is 66.0 Å². The molecule has 0 bridgehead atoms. The van der Waals surface area contributed by atoms with Crippen LogP contribution in [0.4, 0.5) is 4.79 Å². The molecule has 2 aromatic rings. The SMILES string of the molecule is CN(C(=O)CCN1CCSC1=O)C(c1ccccc1)c1ccccn1. The molecule has 0 spiro atoms. The monoisotopic (exact) mass is 355 g/mol. The van der Waals surface area contributed by atoms with E-state index >= 15 is 0 Å². The molecule has 1 aliphatic heterocycles. The second-order valence-electron chi connectivity index (χ2n) is 5.92. The van der Waals surface area contributed by atoms with Gasteiger partial charge in [0, 0.05) is 38.5 Å². The minimum Gasteiger partial charge on any atom is -0.333 e. The first-order valence-electron chi connectivity index (χ1n) is 8.30. The lowest BCUT2D eigenvalue weighted by molar-refractivity contribution is -0.131. The number of aromatic nitrogens is 1. The summed E-state index contributed by atoms with van der Waals surface area (Å²) in [7, 11) is 1.80. The van der Waals surface area contributed by atoms with Crippen LogP contribution in [0.3, 0.4) is 0 Å². The fourth-order valence-corrected chi connectivity index (χ4v) is 3.80. The standard InChI is InChI=1S/C19H21N3O2S/c1-21(17(23)10-12-22-13-14-25-19(22)24)18(15-7-3-2-4-8-15)16-9-5-6-11-20-16/h2-9,11,18H,10,12-14H2,1H3. The van der Waals surface area contributed by atoms with E-state index in [1.807, 2.05) is 48.5 Å². The first-order valence-corrected chi connectivity index (χ1v) is 9.28. The highest BCUT2D eigenvalue weighted by Gasteiger charge is 2.26. The zero-order valence-electron chi connectivity index (χ0n) is 14.2. The van der Waals surface area contributed by atoms with E-state index in [2.05, 4.69) is 4.98 Å². The summed E-state index contributed by atoms with van der Waals surface area (Å²) in [4.78, 5) is 32.4. The lowest BCUT2D eigenvalue weighted by Crippen LogP contribution is -2.35. The van der Waals surface area contributed by atoms with Crippen LogP contribution in [0.1, 0.15) is 23.7 Å². The van der Waals surface area contributed by atoms with Gasteiger partial charge < -0.3 is 9.80 Å². The van der Waals surface area contributed by atoms with Gasteiger partial charge in [-0.2, -0.15) is 0 Å². The predicted octanol–water partition coefficient (Wildman–Crippen LogP) is 3.19. The summed E-state index contributed by atoms with van der Waals surface area (Å²) >= 11 is 1.32. The fourth-order valence-electron chi connectivity index (χ4n) is 2.95. The largest absolute Gasteiger partial charge is 0.333 e. The maximum atomic E-state index is 12.7. The number of benzene rings is 1. The molecule has 3 rings (SSSR count). The summed E-state index contributed by atoms with van der Waals surface area (Å²) in [6.07, 6.45) is 2.06. The highest BCUT2D eigenvalue weighted by atomic mass is 32.2. The number of amides is 2. The van der Waals surface area contributed by atoms with E-state index in [0.29, 0.717) is 13.0 Å². The van der Waals surface area contributed by atoms with E-state index in [9.17, 15) is 9.59 Å². The van der Waals surface area contributed by atoms with Crippen molar-refractivity contribution in [2.45, 2.75) is 12.5 Å². The Kier molecular flexibility index (Phi) is 5.71. The number of hydrogen-bond acceptors (Lipinski definition) is 4. The Labute approximate surface area is 152 Å². The smallest absolute Gasteiger partial charge is 0.281 e. The molecule has 1 unspecified atom stereocenters. The summed E-state index contributed by atoms with van der Waals surface area (Å²) in [6, 6.07) is 15.4. The zero-order chi connectivity index (χ0) is 17.6. The van der Waals surface area contributed by atoms with Crippen LogP contribution >= 0.6 is 11.8 Å². The van der Waals surface area contributed by atoms with Gasteiger partial charge in [0.1, 0.15) is 0 Å². The molecule has 2 heterocycles. The third kappa shape index (κ3) is 4.20. The van der Waals surface area contributed by atoms with E-state index in [4.69, 9.17) is 0 Å². The summed E-state index contributed by atoms with van der Waals surface area (Å²) in [5.41, 5.74) is 1.85. The van der Waals surface area contributed by atoms with Crippen LogP contribution in [-0.2, 0) is 4.79 Å². The first-order chi connectivity index (χ1) is 12.2. The zero-order valence-corrected chi connectivity index (χ0v) is 15.0. The number of carbonyl (C=O) groups is 2. The maximum absolute atomic E-state index is 12.7. The van der Waals surface area contributed by atoms with Gasteiger partial charge in [-0.1, -0.05) is 48.2 Å². The molecule has 130 valence electrons. The topological polar surface area (TPSA) is 53.5 Å². The Balaban J connectivity index is 1.76. The van der Waals surface area contributed by atoms with Gasteiger partial charge in [0.05, 0.1) is 11.7 Å². The van der Waals surface area contributed by atoms with Gasteiger partial charge in [-0.05, 0) is 17.7 Å². The van der Waals surface area contributed by atoms with Crippen LogP contribution in [0.15, 0.2) is 54.7 Å². The highest BCUT2D eigenvalue weighted by molar-refractivity contribution is 8.13. The van der Waals surface area contributed by atoms with Crippen molar-refractivity contribution in [2.24, 2.45) is 0 Å². The van der Waals surface area contributed by atoms with Crippen molar-refractivity contribution in [3.8, 4) is 0 Å². The molecule has 1 saturated heterocycles. The van der Waals surface area contributed by atoms with E-state index in [-0.39, 0.29) is 17.2 Å². The number of hydrogen-bond donors (Lipinski definition) is 0. The Morgan fingerprint density at radius 3 is 2.64 bits per heavy atom. The van der Waals surface area contributed by atoms with Crippen LogP contribution in [0.2, 0.25) is 0 Å². The lowest BCUT2D eigenvalue weighted by atomic mass is 10.0. The van der Waals surface area contributed by atoms with Crippen molar-refractivity contribution >= 4 is 22.9 Å². The molecule has 6 heteroatoms. The molecule has 1 aromatic heterocycles. The van der Waals surface area contributed by atoms with E-state index < -0.39 is 0 Å². The van der Waals surface area contributed by atoms with Gasteiger partial charge in [-0.3, -0.25) is 14.6 Å². The molecule has 2 amide bonds. The summed E-state index contributed by atoms with van der Waals surface area (Å²) in [5.74, 6) is 0.813. The lowest BCUT2D eigenvalue weighted by Gasteiger charge is -2.29. The molecular formula is C19H21N3O2S. The minimum atomic E-state index is -0.237. The Morgan fingerprint density at radius 1 is 1.24 bits per heavy atom. The highest BCUT2D eigenvalue weighted by Crippen LogP contribution is 2.26. The quantitative estimate of drug-likeness (QED) is 0.799. The summed E-state index contributed by atoms with van der Waals surface area (Å²) in [5, 5.41) is 0.0692. The Hall–Kier alpha value is -2.34. The van der Waals surface area contributed by atoms with Gasteiger partial charge in [0.25, 0.3) is 5.24 Å². The van der Waals surface area contributed by atoms with Crippen LogP contribution in [0.25, 0.3) is 0 Å². The van der Waals surface area contributed by atoms with Gasteiger partial charge in [0.15, 0.2) is 0 Å². The predicted molar refractivity (Wildman–Crippen MR) is 99.3 cm³/mol. The summed E-state index contributed by atoms with van der Waals surface area (Å²) < 4.78 is 0. The fraction of sp³-hybridized carbons (Fsp3) is 0.316. The third-order valence-electron chi connectivity index (χ3n) is 4.30. The number of carbonyl (C=O) groups excluding carboxylic acids is 2. The molecule has 0 aliphatic carbocycles. The van der Waals surface area contributed by atoms with Crippen LogP contribution < -0.4 is 0 Å². The Morgan fingerprint density at radius 2 is 2.00 bits per heavy atom. The molecule has 0 saturated carbocycles. The molecule has 25 heavy (non-hydrogen) atoms. The van der Waals surface area contributed by atoms with Crippen LogP contribution in [0.5, 0.6) is 0 Å². The van der Waals surface area contributed by atoms with E-state index in [1.165, 1.54) is 11.8 Å². The average Bonchev–Trinajstić information content (AvgIpc) is 3.06. The second-order valence-corrected chi connectivity index (χ2v) is 6.97. The molecule has 1 aliphatic rings. The van der Waals surface area contributed by atoms with Gasteiger partial charge in [0.2, 0.25) is 5.91 Å². The van der Waals surface area contributed by atoms with Crippen LogP contribution in [0, 0.1) is 0 Å². The van der Waals surface area contributed by atoms with Crippen molar-refractivity contribution in [2.75, 3.05) is 25.9 Å². The van der Waals surface area contributed by atoms with Crippen molar-refractivity contribution in [1.29, 1.82) is 0 Å². The number of nitrogens with zero attached hydrogens (tertiary/aromatic N) is 3. The van der Waals surface area contributed by atoms with Crippen molar-refractivity contribution in [1.82, 2.24) is 14.8 Å². The molecular weight excluding hydrogens is 334 g/mol. The van der Waals surface area contributed by atoms with Gasteiger partial charge in [-0.25, -0.2) is 0 Å². The Bertz CT molecular complexity index is 684. The molecule has 1 aromatic carbocycles. The maximum Gasteiger partial charge on any atom is 0.281 e. The minimum absolute atomic E-state index is 0.00389. The van der Waals surface area contributed by atoms with E-state index in [0.717, 1.165) is 23.6 Å². The molecule has 1 fully saturated rings. The number of rotatable bonds is 6. The normalized spacial score (nSPS) is 15.2. The number of thioether (sulfide) groups is 1. The van der Waals surface area contributed by atoms with Gasteiger partial charge >= 0.3 is 0 Å². The van der Waals surface area contributed by atoms with Crippen molar-refractivity contribution < 1.29 is 9.59 Å². The molecule has 0 radical (unpaired) electrons. The van der Waals surface area contributed by atoms with Crippen LogP contribution in [-0.4, -0.2) is 51.8 Å². The van der Waals surface area contributed by atoms with Crippen molar-refractivity contribution in [3.63, 3.8) is 0 Å². The van der Waals surface area contributed by atoms with E-state index in [1.54, 1.807) is 23.0 Å². The average molecular weight is 355 g/mol. The summed E-state index contributed by atoms with van der Waals surface area (Å²) in [6.45, 7) is 1.20. The second kappa shape index (κ2) is 8.16. The molecule has 1 atom stereocenters. The first kappa shape index (κ1) is 17.5. The third-order valence-corrected chi connectivity index (χ3v) is 5.20. The van der Waals surface area contributed by atoms with Gasteiger partial charge in [-0.15, -0.1) is 0 Å². The molecule has 0 N–H and O–H groups in total. The number of pyridine rings is 1. The molecule has 5 nitrogen and oxygen atoms in total.